The molecule has 2 N–H and O–H groups in total. The van der Waals surface area contributed by atoms with Crippen molar-refractivity contribution < 1.29 is 37.8 Å². The number of carbonyl (C=O) groups is 3. The first kappa shape index (κ1) is 41.9. The fourth-order valence-electron chi connectivity index (χ4n) is 3.44. The van der Waals surface area contributed by atoms with Crippen LogP contribution in [0.5, 0.6) is 11.5 Å². The summed E-state index contributed by atoms with van der Waals surface area (Å²) in [5.41, 5.74) is 1.30. The Bertz CT molecular complexity index is 1210. The number of thioether (sulfide) groups is 1. The van der Waals surface area contributed by atoms with E-state index in [2.05, 4.69) is 73.0 Å². The minimum atomic E-state index is -2.46. The highest BCUT2D eigenvalue weighted by molar-refractivity contribution is 7.98. The lowest BCUT2D eigenvalue weighted by atomic mass is 10.0. The van der Waals surface area contributed by atoms with Crippen LogP contribution in [0.1, 0.15) is 69.4 Å². The minimum Gasteiger partial charge on any atom is -0.543 e. The number of nitrogens with one attached hydrogen (secondary N) is 1. The van der Waals surface area contributed by atoms with Crippen molar-refractivity contribution in [1.82, 2.24) is 5.32 Å². The summed E-state index contributed by atoms with van der Waals surface area (Å²) in [5, 5.41) is 11.4. The molecule has 9 nitrogen and oxygen atoms in total. The predicted octanol–water partition coefficient (Wildman–Crippen LogP) is 7.56. The van der Waals surface area contributed by atoms with E-state index in [9.17, 15) is 14.4 Å². The van der Waals surface area contributed by atoms with Gasteiger partial charge in [-0.3, -0.25) is 4.79 Å². The molecule has 45 heavy (non-hydrogen) atoms. The number of aliphatic hydroxyl groups excluding tert-OH is 1. The molecule has 0 saturated carbocycles. The van der Waals surface area contributed by atoms with Crippen molar-refractivity contribution in [1.29, 1.82) is 0 Å². The van der Waals surface area contributed by atoms with E-state index in [-0.39, 0.29) is 40.2 Å². The van der Waals surface area contributed by atoms with Crippen LogP contribution in [-0.2, 0) is 24.8 Å². The zero-order chi connectivity index (χ0) is 35.2. The molecular formula is C30H50Cl3NO8SSi2. The third kappa shape index (κ3) is 12.4. The van der Waals surface area contributed by atoms with Gasteiger partial charge in [-0.25, -0.2) is 9.59 Å². The van der Waals surface area contributed by atoms with Gasteiger partial charge < -0.3 is 28.7 Å². The van der Waals surface area contributed by atoms with E-state index in [4.69, 9.17) is 58.2 Å². The van der Waals surface area contributed by atoms with Crippen LogP contribution in [0.15, 0.2) is 6.07 Å². The van der Waals surface area contributed by atoms with Gasteiger partial charge in [-0.2, -0.15) is 11.8 Å². The normalized spacial score (nSPS) is 13.6. The number of methoxy groups -OCH3 is 1. The average Bonchev–Trinajstić information content (AvgIpc) is 2.86. The van der Waals surface area contributed by atoms with Crippen molar-refractivity contribution >= 4 is 81.0 Å². The molecule has 258 valence electrons. The molecule has 0 saturated heterocycles. The molecule has 1 amide bonds. The second kappa shape index (κ2) is 16.3. The monoisotopic (exact) mass is 745 g/mol. The molecule has 0 aliphatic carbocycles. The highest BCUT2D eigenvalue weighted by atomic mass is 35.6. The van der Waals surface area contributed by atoms with E-state index < -0.39 is 50.9 Å². The number of alkyl halides is 3. The number of hydrogen-bond acceptors (Lipinski definition) is 9. The lowest BCUT2D eigenvalue weighted by Gasteiger charge is -2.39. The molecule has 1 rings (SSSR count). The van der Waals surface area contributed by atoms with Gasteiger partial charge in [0.05, 0.1) is 19.3 Å². The standard InChI is InChI=1S/C30H50Cl3NO8SSi2/c1-19-22(41-44(9,10)28(2,3)4)15-23(42-45(11,12)29(5,6)7)20(25(19)27(38)40-18-30(31,32)33)16-43-17-21(26(37)39-8)34-24(36)13-14-35/h15,21,35H,13-14,16-18H2,1-12H3,(H,34,36)/t21-/m0/s1. The van der Waals surface area contributed by atoms with Crippen molar-refractivity contribution in [3.63, 3.8) is 0 Å². The average molecular weight is 747 g/mol. The van der Waals surface area contributed by atoms with Crippen LogP contribution in [-0.4, -0.2) is 75.5 Å². The van der Waals surface area contributed by atoms with E-state index in [1.165, 1.54) is 18.9 Å². The number of hydrogen-bond donors (Lipinski definition) is 2. The molecule has 0 radical (unpaired) electrons. The van der Waals surface area contributed by atoms with Crippen molar-refractivity contribution in [2.45, 2.75) is 107 Å². The van der Waals surface area contributed by atoms with Crippen LogP contribution >= 0.6 is 46.6 Å². The summed E-state index contributed by atoms with van der Waals surface area (Å²) in [4.78, 5) is 38.4. The number of aliphatic hydroxyl groups is 1. The molecule has 0 fully saturated rings. The minimum absolute atomic E-state index is 0.118. The molecule has 0 aromatic heterocycles. The van der Waals surface area contributed by atoms with Crippen molar-refractivity contribution in [3.05, 3.63) is 22.8 Å². The molecule has 1 atom stereocenters. The molecule has 0 aliphatic heterocycles. The first-order chi connectivity index (χ1) is 20.3. The number of carbonyl (C=O) groups excluding carboxylic acids is 3. The summed E-state index contributed by atoms with van der Waals surface area (Å²) in [6, 6.07) is 0.865. The quantitative estimate of drug-likeness (QED) is 0.113. The van der Waals surface area contributed by atoms with Crippen LogP contribution in [0, 0.1) is 6.92 Å². The van der Waals surface area contributed by atoms with Crippen LogP contribution < -0.4 is 14.2 Å². The first-order valence-electron chi connectivity index (χ1n) is 14.6. The van der Waals surface area contributed by atoms with E-state index in [1.54, 1.807) is 6.92 Å². The maximum atomic E-state index is 13.8. The first-order valence-corrected chi connectivity index (χ1v) is 22.7. The van der Waals surface area contributed by atoms with Crippen LogP contribution in [0.2, 0.25) is 36.3 Å². The fraction of sp³-hybridized carbons (Fsp3) is 0.700. The highest BCUT2D eigenvalue weighted by Crippen LogP contribution is 2.45. The van der Waals surface area contributed by atoms with E-state index in [0.29, 0.717) is 22.6 Å². The van der Waals surface area contributed by atoms with Gasteiger partial charge >= 0.3 is 11.9 Å². The van der Waals surface area contributed by atoms with Crippen molar-refractivity contribution in [3.8, 4) is 11.5 Å². The second-order valence-electron chi connectivity index (χ2n) is 13.9. The van der Waals surface area contributed by atoms with E-state index in [0.717, 1.165) is 0 Å². The SMILES string of the molecule is COC(=O)[C@H](CSCc1c(O[Si](C)(C)C(C)(C)C)cc(O[Si](C)(C)C(C)(C)C)c(C)c1C(=O)OCC(Cl)(Cl)Cl)NC(=O)CCO. The summed E-state index contributed by atoms with van der Waals surface area (Å²) in [7, 11) is -3.60. The van der Waals surface area contributed by atoms with Gasteiger partial charge in [0.2, 0.25) is 26.3 Å². The Kier molecular flexibility index (Phi) is 15.2. The largest absolute Gasteiger partial charge is 0.543 e. The van der Waals surface area contributed by atoms with E-state index in [1.807, 2.05) is 6.07 Å². The number of halogens is 3. The Hall–Kier alpha value is -1.16. The van der Waals surface area contributed by atoms with Gasteiger partial charge in [-0.1, -0.05) is 76.3 Å². The molecule has 0 heterocycles. The molecule has 0 spiro atoms. The fourth-order valence-corrected chi connectivity index (χ4v) is 6.77. The van der Waals surface area contributed by atoms with Gasteiger partial charge in [-0.05, 0) is 43.2 Å². The summed E-state index contributed by atoms with van der Waals surface area (Å²) >= 11 is 19.1. The van der Waals surface area contributed by atoms with Crippen molar-refractivity contribution in [2.75, 3.05) is 26.1 Å². The Labute approximate surface area is 290 Å². The van der Waals surface area contributed by atoms with Gasteiger partial charge in [0, 0.05) is 35.1 Å². The molecule has 0 aliphatic rings. The summed E-state index contributed by atoms with van der Waals surface area (Å²) in [6.45, 7) is 22.1. The number of ether oxygens (including phenoxy) is 2. The lowest BCUT2D eigenvalue weighted by Crippen LogP contribution is -2.45. The molecule has 0 bridgehead atoms. The van der Waals surface area contributed by atoms with Gasteiger partial charge in [-0.15, -0.1) is 0 Å². The van der Waals surface area contributed by atoms with Gasteiger partial charge in [0.15, 0.2) is 0 Å². The molecule has 15 heteroatoms. The Morgan fingerprint density at radius 1 is 0.956 bits per heavy atom. The number of rotatable bonds is 14. The zero-order valence-electron chi connectivity index (χ0n) is 28.5. The Balaban J connectivity index is 3.85. The summed E-state index contributed by atoms with van der Waals surface area (Å²) < 4.78 is 22.1. The predicted molar refractivity (Wildman–Crippen MR) is 189 cm³/mol. The third-order valence-corrected chi connectivity index (χ3v) is 18.3. The maximum Gasteiger partial charge on any atom is 0.339 e. The summed E-state index contributed by atoms with van der Waals surface area (Å²) in [6.07, 6.45) is -0.156. The second-order valence-corrected chi connectivity index (χ2v) is 26.9. The molecule has 1 aromatic carbocycles. The molecule has 0 unspecified atom stereocenters. The Morgan fingerprint density at radius 3 is 1.91 bits per heavy atom. The number of amides is 1. The zero-order valence-corrected chi connectivity index (χ0v) is 33.6. The number of esters is 2. The number of benzene rings is 1. The van der Waals surface area contributed by atoms with Crippen LogP contribution in [0.3, 0.4) is 0 Å². The molecule has 1 aromatic rings. The van der Waals surface area contributed by atoms with Gasteiger partial charge in [0.25, 0.3) is 0 Å². The van der Waals surface area contributed by atoms with E-state index >= 15 is 0 Å². The van der Waals surface area contributed by atoms with Crippen LogP contribution in [0.4, 0.5) is 0 Å². The molecular weight excluding hydrogens is 697 g/mol. The maximum absolute atomic E-state index is 13.8. The summed E-state index contributed by atoms with van der Waals surface area (Å²) in [5.74, 6) is -0.546. The van der Waals surface area contributed by atoms with Gasteiger partial charge in [0.1, 0.15) is 24.1 Å². The highest BCUT2D eigenvalue weighted by Gasteiger charge is 2.42. The topological polar surface area (TPSA) is 120 Å². The van der Waals surface area contributed by atoms with Crippen molar-refractivity contribution in [2.24, 2.45) is 0 Å². The smallest absolute Gasteiger partial charge is 0.339 e. The lowest BCUT2D eigenvalue weighted by molar-refractivity contribution is -0.144. The van der Waals surface area contributed by atoms with Crippen LogP contribution in [0.25, 0.3) is 0 Å². The third-order valence-electron chi connectivity index (χ3n) is 8.21. The Morgan fingerprint density at radius 2 is 1.47 bits per heavy atom.